The van der Waals surface area contributed by atoms with Gasteiger partial charge in [-0.15, -0.1) is 0 Å². The molecule has 0 amide bonds. The van der Waals surface area contributed by atoms with Gasteiger partial charge in [-0.2, -0.15) is 0 Å². The Labute approximate surface area is 129 Å². The third kappa shape index (κ3) is 3.07. The Morgan fingerprint density at radius 1 is 1.10 bits per heavy atom. The fourth-order valence-electron chi connectivity index (χ4n) is 2.60. The molecule has 1 atom stereocenters. The van der Waals surface area contributed by atoms with Crippen LogP contribution >= 0.6 is 11.6 Å². The van der Waals surface area contributed by atoms with Gasteiger partial charge in [-0.05, 0) is 47.5 Å². The number of aromatic nitrogens is 1. The summed E-state index contributed by atoms with van der Waals surface area (Å²) in [6.07, 6.45) is 4.33. The van der Waals surface area contributed by atoms with Crippen LogP contribution in [-0.2, 0) is 6.42 Å². The zero-order chi connectivity index (χ0) is 14.7. The molecule has 1 heterocycles. The van der Waals surface area contributed by atoms with E-state index >= 15 is 0 Å². The summed E-state index contributed by atoms with van der Waals surface area (Å²) in [4.78, 5) is 4.04. The summed E-state index contributed by atoms with van der Waals surface area (Å²) in [5.74, 6) is 0. The predicted octanol–water partition coefficient (Wildman–Crippen LogP) is 4.39. The van der Waals surface area contributed by atoms with Crippen molar-refractivity contribution in [3.63, 3.8) is 0 Å². The maximum absolute atomic E-state index is 6.22. The molecule has 0 aliphatic rings. The molecule has 0 fully saturated rings. The van der Waals surface area contributed by atoms with Gasteiger partial charge in [0.15, 0.2) is 0 Å². The van der Waals surface area contributed by atoms with E-state index in [4.69, 9.17) is 11.6 Å². The van der Waals surface area contributed by atoms with Crippen molar-refractivity contribution in [2.45, 2.75) is 12.5 Å². The van der Waals surface area contributed by atoms with Crippen molar-refractivity contribution in [1.29, 1.82) is 0 Å². The van der Waals surface area contributed by atoms with E-state index in [2.05, 4.69) is 52.8 Å². The molecule has 0 radical (unpaired) electrons. The van der Waals surface area contributed by atoms with Gasteiger partial charge in [-0.1, -0.05) is 48.0 Å². The summed E-state index contributed by atoms with van der Waals surface area (Å²) in [6, 6.07) is 17.2. The smallest absolute Gasteiger partial charge is 0.0622 e. The van der Waals surface area contributed by atoms with Crippen LogP contribution in [0.15, 0.2) is 60.9 Å². The molecule has 3 rings (SSSR count). The van der Waals surface area contributed by atoms with Crippen LogP contribution in [0.5, 0.6) is 0 Å². The predicted molar refractivity (Wildman–Crippen MR) is 88.7 cm³/mol. The first-order valence-corrected chi connectivity index (χ1v) is 7.40. The molecule has 0 aliphatic carbocycles. The first-order valence-electron chi connectivity index (χ1n) is 7.02. The molecule has 2 nitrogen and oxygen atoms in total. The summed E-state index contributed by atoms with van der Waals surface area (Å²) >= 11 is 6.22. The van der Waals surface area contributed by atoms with E-state index in [-0.39, 0.29) is 6.04 Å². The Hall–Kier alpha value is -1.90. The van der Waals surface area contributed by atoms with Gasteiger partial charge in [0.05, 0.1) is 5.02 Å². The number of hydrogen-bond acceptors (Lipinski definition) is 2. The Kier molecular flexibility index (Phi) is 4.18. The molecular formula is C18H17ClN2. The molecule has 0 bridgehead atoms. The van der Waals surface area contributed by atoms with E-state index in [0.29, 0.717) is 0 Å². The molecule has 21 heavy (non-hydrogen) atoms. The third-order valence-electron chi connectivity index (χ3n) is 3.80. The maximum atomic E-state index is 6.22. The van der Waals surface area contributed by atoms with Crippen molar-refractivity contribution in [1.82, 2.24) is 10.3 Å². The first kappa shape index (κ1) is 14.1. The van der Waals surface area contributed by atoms with Crippen LogP contribution in [0, 0.1) is 0 Å². The van der Waals surface area contributed by atoms with Gasteiger partial charge in [0.1, 0.15) is 0 Å². The van der Waals surface area contributed by atoms with Crippen LogP contribution in [0.3, 0.4) is 0 Å². The molecule has 3 heteroatoms. The van der Waals surface area contributed by atoms with Gasteiger partial charge >= 0.3 is 0 Å². The third-order valence-corrected chi connectivity index (χ3v) is 4.15. The second-order valence-electron chi connectivity index (χ2n) is 5.12. The lowest BCUT2D eigenvalue weighted by Gasteiger charge is -2.18. The van der Waals surface area contributed by atoms with Gasteiger partial charge in [-0.3, -0.25) is 4.98 Å². The number of fused-ring (bicyclic) bond motifs is 1. The van der Waals surface area contributed by atoms with Crippen LogP contribution in [-0.4, -0.2) is 12.0 Å². The highest BCUT2D eigenvalue weighted by Crippen LogP contribution is 2.25. The minimum absolute atomic E-state index is 0.231. The Morgan fingerprint density at radius 2 is 1.90 bits per heavy atom. The van der Waals surface area contributed by atoms with E-state index < -0.39 is 0 Å². The maximum Gasteiger partial charge on any atom is 0.0622 e. The monoisotopic (exact) mass is 296 g/mol. The van der Waals surface area contributed by atoms with E-state index in [9.17, 15) is 0 Å². The molecule has 1 unspecified atom stereocenters. The highest BCUT2D eigenvalue weighted by atomic mass is 35.5. The summed E-state index contributed by atoms with van der Waals surface area (Å²) < 4.78 is 0. The van der Waals surface area contributed by atoms with Gasteiger partial charge in [0, 0.05) is 18.4 Å². The molecule has 3 aromatic rings. The minimum Gasteiger partial charge on any atom is -0.313 e. The number of hydrogen-bond donors (Lipinski definition) is 1. The van der Waals surface area contributed by atoms with Crippen LogP contribution < -0.4 is 5.32 Å². The molecule has 0 saturated carbocycles. The largest absolute Gasteiger partial charge is 0.313 e. The standard InChI is InChI=1S/C18H17ClN2/c1-20-18(11-15-8-9-21-12-17(15)19)16-7-6-13-4-2-3-5-14(13)10-16/h2-10,12,18,20H,11H2,1H3. The van der Waals surface area contributed by atoms with Crippen molar-refractivity contribution in [2.75, 3.05) is 7.05 Å². The van der Waals surface area contributed by atoms with Crippen LogP contribution in [0.2, 0.25) is 5.02 Å². The van der Waals surface area contributed by atoms with E-state index in [1.54, 1.807) is 12.4 Å². The summed E-state index contributed by atoms with van der Waals surface area (Å²) in [6.45, 7) is 0. The molecule has 0 spiro atoms. The number of pyridine rings is 1. The SMILES string of the molecule is CNC(Cc1ccncc1Cl)c1ccc2ccccc2c1. The Morgan fingerprint density at radius 3 is 2.67 bits per heavy atom. The van der Waals surface area contributed by atoms with Crippen molar-refractivity contribution >= 4 is 22.4 Å². The number of nitrogens with zero attached hydrogens (tertiary/aromatic N) is 1. The van der Waals surface area contributed by atoms with E-state index in [0.717, 1.165) is 17.0 Å². The van der Waals surface area contributed by atoms with Gasteiger partial charge in [0.25, 0.3) is 0 Å². The lowest BCUT2D eigenvalue weighted by Crippen LogP contribution is -2.19. The molecule has 1 N–H and O–H groups in total. The van der Waals surface area contributed by atoms with Crippen LogP contribution in [0.4, 0.5) is 0 Å². The lowest BCUT2D eigenvalue weighted by atomic mass is 9.97. The molecular weight excluding hydrogens is 280 g/mol. The average Bonchev–Trinajstić information content (AvgIpc) is 2.54. The zero-order valence-electron chi connectivity index (χ0n) is 11.9. The number of rotatable bonds is 4. The molecule has 0 aliphatic heterocycles. The van der Waals surface area contributed by atoms with E-state index in [1.165, 1.54) is 16.3 Å². The number of likely N-dealkylation sites (N-methyl/N-ethyl adjacent to an activating group) is 1. The minimum atomic E-state index is 0.231. The van der Waals surface area contributed by atoms with Gasteiger partial charge < -0.3 is 5.32 Å². The zero-order valence-corrected chi connectivity index (χ0v) is 12.6. The van der Waals surface area contributed by atoms with Crippen molar-refractivity contribution in [2.24, 2.45) is 0 Å². The summed E-state index contributed by atoms with van der Waals surface area (Å²) in [5, 5.41) is 6.62. The normalized spacial score (nSPS) is 12.5. The van der Waals surface area contributed by atoms with Crippen LogP contribution in [0.25, 0.3) is 10.8 Å². The lowest BCUT2D eigenvalue weighted by molar-refractivity contribution is 0.592. The Balaban J connectivity index is 1.93. The number of benzene rings is 2. The molecule has 0 saturated heterocycles. The average molecular weight is 297 g/mol. The van der Waals surface area contributed by atoms with Gasteiger partial charge in [0.2, 0.25) is 0 Å². The van der Waals surface area contributed by atoms with Crippen molar-refractivity contribution in [3.8, 4) is 0 Å². The number of halogens is 1. The molecule has 2 aromatic carbocycles. The summed E-state index contributed by atoms with van der Waals surface area (Å²) in [7, 11) is 1.98. The Bertz CT molecular complexity index is 755. The highest BCUT2D eigenvalue weighted by Gasteiger charge is 2.12. The molecule has 106 valence electrons. The summed E-state index contributed by atoms with van der Waals surface area (Å²) in [5.41, 5.74) is 2.38. The van der Waals surface area contributed by atoms with Crippen LogP contribution in [0.1, 0.15) is 17.2 Å². The fraction of sp³-hybridized carbons (Fsp3) is 0.167. The van der Waals surface area contributed by atoms with Crippen molar-refractivity contribution in [3.05, 3.63) is 77.1 Å². The quantitative estimate of drug-likeness (QED) is 0.772. The van der Waals surface area contributed by atoms with E-state index in [1.807, 2.05) is 13.1 Å². The first-order chi connectivity index (χ1) is 10.3. The fourth-order valence-corrected chi connectivity index (χ4v) is 2.80. The topological polar surface area (TPSA) is 24.9 Å². The van der Waals surface area contributed by atoms with Gasteiger partial charge in [-0.25, -0.2) is 0 Å². The second kappa shape index (κ2) is 6.25. The van der Waals surface area contributed by atoms with Crippen molar-refractivity contribution < 1.29 is 0 Å². The second-order valence-corrected chi connectivity index (χ2v) is 5.53. The number of nitrogens with one attached hydrogen (secondary N) is 1. The highest BCUT2D eigenvalue weighted by molar-refractivity contribution is 6.31. The molecule has 1 aromatic heterocycles.